The van der Waals surface area contributed by atoms with Crippen molar-refractivity contribution < 1.29 is 13.9 Å². The second-order valence-electron chi connectivity index (χ2n) is 5.65. The van der Waals surface area contributed by atoms with E-state index in [0.717, 1.165) is 6.42 Å². The molecule has 0 bridgehead atoms. The summed E-state index contributed by atoms with van der Waals surface area (Å²) in [5.74, 6) is 0.0875. The maximum Gasteiger partial charge on any atom is 0.309 e. The van der Waals surface area contributed by atoms with Gasteiger partial charge in [-0.05, 0) is 31.5 Å². The molecule has 3 rings (SSSR count). The van der Waals surface area contributed by atoms with Crippen LogP contribution in [0.1, 0.15) is 29.6 Å². The quantitative estimate of drug-likeness (QED) is 0.864. The van der Waals surface area contributed by atoms with Crippen molar-refractivity contribution in [2.75, 3.05) is 13.7 Å². The summed E-state index contributed by atoms with van der Waals surface area (Å²) in [6.45, 7) is 2.78. The number of carbonyl (C=O) groups is 1. The van der Waals surface area contributed by atoms with Gasteiger partial charge in [0.05, 0.1) is 24.3 Å². The third-order valence-corrected chi connectivity index (χ3v) is 3.86. The third kappa shape index (κ3) is 3.21. The van der Waals surface area contributed by atoms with Crippen LogP contribution in [-0.2, 0) is 0 Å². The molecule has 1 aromatic carbocycles. The maximum atomic E-state index is 12.2. The highest BCUT2D eigenvalue weighted by molar-refractivity contribution is 5.90. The molecule has 1 saturated heterocycles. The van der Waals surface area contributed by atoms with Gasteiger partial charge in [-0.2, -0.15) is 5.26 Å². The summed E-state index contributed by atoms with van der Waals surface area (Å²) < 4.78 is 10.7. The molecular formula is C16H17N5O3. The summed E-state index contributed by atoms with van der Waals surface area (Å²) in [6.07, 6.45) is 0.852. The number of carbonyl (C=O) groups excluding carboxylic acids is 1. The molecule has 1 amide bonds. The van der Waals surface area contributed by atoms with E-state index in [-0.39, 0.29) is 17.8 Å². The van der Waals surface area contributed by atoms with E-state index in [9.17, 15) is 4.79 Å². The Hall–Kier alpha value is -2.92. The molecule has 1 aromatic heterocycles. The lowest BCUT2D eigenvalue weighted by Gasteiger charge is -2.08. The van der Waals surface area contributed by atoms with Crippen LogP contribution >= 0.6 is 0 Å². The first-order valence-corrected chi connectivity index (χ1v) is 7.57. The van der Waals surface area contributed by atoms with E-state index in [0.29, 0.717) is 29.5 Å². The van der Waals surface area contributed by atoms with E-state index in [4.69, 9.17) is 14.4 Å². The Kier molecular flexibility index (Phi) is 4.44. The van der Waals surface area contributed by atoms with E-state index in [2.05, 4.69) is 27.8 Å². The Morgan fingerprint density at radius 1 is 1.50 bits per heavy atom. The number of amides is 1. The minimum atomic E-state index is -0.412. The molecule has 1 aliphatic heterocycles. The summed E-state index contributed by atoms with van der Waals surface area (Å²) in [6, 6.07) is 7.29. The van der Waals surface area contributed by atoms with Gasteiger partial charge in [-0.25, -0.2) is 0 Å². The molecule has 0 spiro atoms. The zero-order valence-electron chi connectivity index (χ0n) is 13.4. The summed E-state index contributed by atoms with van der Waals surface area (Å²) in [5.41, 5.74) is 0.903. The molecule has 2 N–H and O–H groups in total. The molecule has 124 valence electrons. The van der Waals surface area contributed by atoms with Crippen LogP contribution in [0.15, 0.2) is 22.6 Å². The first-order valence-electron chi connectivity index (χ1n) is 7.57. The molecule has 0 unspecified atom stereocenters. The fraction of sp³-hybridized carbons (Fsp3) is 0.375. The second-order valence-corrected chi connectivity index (χ2v) is 5.65. The molecule has 0 radical (unpaired) electrons. The van der Waals surface area contributed by atoms with Crippen LogP contribution in [0.25, 0.3) is 11.5 Å². The predicted octanol–water partition coefficient (Wildman–Crippen LogP) is 1.10. The molecule has 24 heavy (non-hydrogen) atoms. The SMILES string of the molecule is COc1ccc(C#N)cc1-c1nnc(C(=O)N[C@H]2CN[C@H](C)C2)o1. The number of ether oxygens (including phenoxy) is 1. The molecule has 0 saturated carbocycles. The van der Waals surface area contributed by atoms with Crippen molar-refractivity contribution in [2.24, 2.45) is 0 Å². The number of nitrogens with one attached hydrogen (secondary N) is 2. The Bertz CT molecular complexity index is 795. The second kappa shape index (κ2) is 6.68. The van der Waals surface area contributed by atoms with Crippen LogP contribution < -0.4 is 15.4 Å². The van der Waals surface area contributed by atoms with E-state index in [1.165, 1.54) is 7.11 Å². The lowest BCUT2D eigenvalue weighted by Crippen LogP contribution is -2.36. The molecule has 1 aliphatic rings. The van der Waals surface area contributed by atoms with Gasteiger partial charge in [0.25, 0.3) is 5.89 Å². The van der Waals surface area contributed by atoms with E-state index in [1.54, 1.807) is 18.2 Å². The predicted molar refractivity (Wildman–Crippen MR) is 84.3 cm³/mol. The van der Waals surface area contributed by atoms with Crippen molar-refractivity contribution in [3.8, 4) is 23.3 Å². The lowest BCUT2D eigenvalue weighted by molar-refractivity contribution is 0.0905. The highest BCUT2D eigenvalue weighted by Gasteiger charge is 2.25. The van der Waals surface area contributed by atoms with Crippen molar-refractivity contribution in [1.82, 2.24) is 20.8 Å². The number of hydrogen-bond acceptors (Lipinski definition) is 7. The average Bonchev–Trinajstić information content (AvgIpc) is 3.23. The van der Waals surface area contributed by atoms with E-state index >= 15 is 0 Å². The van der Waals surface area contributed by atoms with Crippen LogP contribution in [-0.4, -0.2) is 41.8 Å². The van der Waals surface area contributed by atoms with Gasteiger partial charge in [-0.3, -0.25) is 4.79 Å². The minimum absolute atomic E-state index is 0.0410. The molecule has 8 heteroatoms. The van der Waals surface area contributed by atoms with Gasteiger partial charge in [-0.15, -0.1) is 10.2 Å². The zero-order valence-corrected chi connectivity index (χ0v) is 13.4. The molecule has 0 aliphatic carbocycles. The van der Waals surface area contributed by atoms with Gasteiger partial charge < -0.3 is 19.8 Å². The average molecular weight is 327 g/mol. The fourth-order valence-electron chi connectivity index (χ4n) is 2.66. The van der Waals surface area contributed by atoms with Crippen molar-refractivity contribution in [1.29, 1.82) is 5.26 Å². The Morgan fingerprint density at radius 2 is 2.33 bits per heavy atom. The first kappa shape index (κ1) is 16.0. The molecular weight excluding hydrogens is 310 g/mol. The highest BCUT2D eigenvalue weighted by atomic mass is 16.5. The van der Waals surface area contributed by atoms with Gasteiger partial charge in [0.1, 0.15) is 5.75 Å². The summed E-state index contributed by atoms with van der Waals surface area (Å²) >= 11 is 0. The number of rotatable bonds is 4. The number of hydrogen-bond donors (Lipinski definition) is 2. The molecule has 1 fully saturated rings. The number of nitriles is 1. The number of benzene rings is 1. The van der Waals surface area contributed by atoms with Crippen LogP contribution in [0.4, 0.5) is 0 Å². The van der Waals surface area contributed by atoms with Crippen molar-refractivity contribution >= 4 is 5.91 Å². The van der Waals surface area contributed by atoms with Gasteiger partial charge in [0.2, 0.25) is 0 Å². The van der Waals surface area contributed by atoms with Crippen LogP contribution in [0.2, 0.25) is 0 Å². The van der Waals surface area contributed by atoms with E-state index < -0.39 is 5.91 Å². The standard InChI is InChI=1S/C16H17N5O3/c1-9-5-11(8-18-9)19-14(22)16-21-20-15(24-16)12-6-10(7-17)3-4-13(12)23-2/h3-4,6,9,11,18H,5,8H2,1-2H3,(H,19,22)/t9-,11-/m1/s1. The highest BCUT2D eigenvalue weighted by Crippen LogP contribution is 2.29. The molecule has 2 atom stereocenters. The third-order valence-electron chi connectivity index (χ3n) is 3.86. The van der Waals surface area contributed by atoms with E-state index in [1.807, 2.05) is 6.07 Å². The van der Waals surface area contributed by atoms with Crippen molar-refractivity contribution in [3.05, 3.63) is 29.7 Å². The summed E-state index contributed by atoms with van der Waals surface area (Å²) in [7, 11) is 1.50. The topological polar surface area (TPSA) is 113 Å². The van der Waals surface area contributed by atoms with Gasteiger partial charge in [0.15, 0.2) is 0 Å². The van der Waals surface area contributed by atoms with Gasteiger partial charge in [0, 0.05) is 18.6 Å². The van der Waals surface area contributed by atoms with Gasteiger partial charge in [-0.1, -0.05) is 0 Å². The smallest absolute Gasteiger partial charge is 0.309 e. The maximum absolute atomic E-state index is 12.2. The van der Waals surface area contributed by atoms with Crippen molar-refractivity contribution in [3.63, 3.8) is 0 Å². The summed E-state index contributed by atoms with van der Waals surface area (Å²) in [4.78, 5) is 12.2. The first-order chi connectivity index (χ1) is 11.6. The lowest BCUT2D eigenvalue weighted by atomic mass is 10.1. The fourth-order valence-corrected chi connectivity index (χ4v) is 2.66. The largest absolute Gasteiger partial charge is 0.496 e. The minimum Gasteiger partial charge on any atom is -0.496 e. The normalized spacial score (nSPS) is 19.7. The number of aromatic nitrogens is 2. The monoisotopic (exact) mass is 327 g/mol. The molecule has 2 aromatic rings. The van der Waals surface area contributed by atoms with Gasteiger partial charge >= 0.3 is 11.8 Å². The Morgan fingerprint density at radius 3 is 3.00 bits per heavy atom. The summed E-state index contributed by atoms with van der Waals surface area (Å²) in [5, 5.41) is 22.8. The number of methoxy groups -OCH3 is 1. The molecule has 8 nitrogen and oxygen atoms in total. The van der Waals surface area contributed by atoms with Crippen molar-refractivity contribution in [2.45, 2.75) is 25.4 Å². The van der Waals surface area contributed by atoms with Crippen LogP contribution in [0.5, 0.6) is 5.75 Å². The molecule has 2 heterocycles. The van der Waals surface area contributed by atoms with Crippen LogP contribution in [0.3, 0.4) is 0 Å². The Balaban J connectivity index is 1.80. The number of nitrogens with zero attached hydrogens (tertiary/aromatic N) is 3. The zero-order chi connectivity index (χ0) is 17.1. The Labute approximate surface area is 138 Å². The van der Waals surface area contributed by atoms with Crippen LogP contribution in [0, 0.1) is 11.3 Å².